The van der Waals surface area contributed by atoms with Crippen molar-refractivity contribution in [2.24, 2.45) is 11.8 Å². The number of nitrogens with zero attached hydrogens (tertiary/aromatic N) is 2. The van der Waals surface area contributed by atoms with Crippen molar-refractivity contribution < 1.29 is 13.6 Å². The minimum atomic E-state index is -0.913. The van der Waals surface area contributed by atoms with Crippen molar-refractivity contribution in [1.29, 1.82) is 0 Å². The van der Waals surface area contributed by atoms with Crippen LogP contribution in [0.2, 0.25) is 0 Å². The molecule has 0 aliphatic carbocycles. The Morgan fingerprint density at radius 3 is 2.68 bits per heavy atom. The number of aromatic nitrogens is 1. The summed E-state index contributed by atoms with van der Waals surface area (Å²) in [4.78, 5) is 18.7. The fourth-order valence-electron chi connectivity index (χ4n) is 3.40. The van der Waals surface area contributed by atoms with Gasteiger partial charge in [0.05, 0.1) is 12.2 Å². The number of anilines is 1. The van der Waals surface area contributed by atoms with Gasteiger partial charge in [-0.15, -0.1) is 11.3 Å². The van der Waals surface area contributed by atoms with Gasteiger partial charge in [-0.2, -0.15) is 0 Å². The lowest BCUT2D eigenvalue weighted by molar-refractivity contribution is -0.117. The van der Waals surface area contributed by atoms with E-state index in [1.807, 2.05) is 0 Å². The molecule has 2 atom stereocenters. The first-order valence-electron chi connectivity index (χ1n) is 8.34. The van der Waals surface area contributed by atoms with Gasteiger partial charge in [-0.05, 0) is 36.5 Å². The predicted molar refractivity (Wildman–Crippen MR) is 95.5 cm³/mol. The van der Waals surface area contributed by atoms with E-state index in [1.165, 1.54) is 23.8 Å². The van der Waals surface area contributed by atoms with Crippen LogP contribution in [0.5, 0.6) is 0 Å². The molecule has 1 amide bonds. The van der Waals surface area contributed by atoms with Crippen molar-refractivity contribution in [3.05, 3.63) is 35.2 Å². The standard InChI is InChI=1S/C18H21F2N3OS/c1-11-5-12(2)8-23(7-11)9-17(24)22-18-21-16(10-25-18)13-3-4-14(19)15(20)6-13/h3-4,6,10-12H,5,7-9H2,1-2H3,(H,21,22,24). The van der Waals surface area contributed by atoms with E-state index in [1.54, 1.807) is 5.38 Å². The summed E-state index contributed by atoms with van der Waals surface area (Å²) in [7, 11) is 0. The van der Waals surface area contributed by atoms with E-state index < -0.39 is 11.6 Å². The van der Waals surface area contributed by atoms with Gasteiger partial charge in [0.15, 0.2) is 16.8 Å². The van der Waals surface area contributed by atoms with Crippen LogP contribution in [0.1, 0.15) is 20.3 Å². The van der Waals surface area contributed by atoms with Crippen LogP contribution in [0.4, 0.5) is 13.9 Å². The monoisotopic (exact) mass is 365 g/mol. The molecule has 134 valence electrons. The van der Waals surface area contributed by atoms with Gasteiger partial charge in [-0.1, -0.05) is 13.8 Å². The van der Waals surface area contributed by atoms with Crippen molar-refractivity contribution in [2.45, 2.75) is 20.3 Å². The van der Waals surface area contributed by atoms with E-state index >= 15 is 0 Å². The first-order chi connectivity index (χ1) is 11.9. The molecule has 2 unspecified atom stereocenters. The van der Waals surface area contributed by atoms with E-state index in [2.05, 4.69) is 29.0 Å². The number of amides is 1. The van der Waals surface area contributed by atoms with E-state index in [0.717, 1.165) is 25.2 Å². The number of carbonyl (C=O) groups excluding carboxylic acids is 1. The predicted octanol–water partition coefficient (Wildman–Crippen LogP) is 4.00. The van der Waals surface area contributed by atoms with Crippen molar-refractivity contribution >= 4 is 22.4 Å². The number of likely N-dealkylation sites (tertiary alicyclic amines) is 1. The molecular weight excluding hydrogens is 344 g/mol. The van der Waals surface area contributed by atoms with Gasteiger partial charge in [-0.25, -0.2) is 13.8 Å². The van der Waals surface area contributed by atoms with Crippen LogP contribution in [0.3, 0.4) is 0 Å². The van der Waals surface area contributed by atoms with Crippen LogP contribution in [0.15, 0.2) is 23.6 Å². The van der Waals surface area contributed by atoms with Crippen molar-refractivity contribution in [1.82, 2.24) is 9.88 Å². The molecule has 7 heteroatoms. The molecule has 1 fully saturated rings. The Morgan fingerprint density at radius 2 is 2.00 bits per heavy atom. The number of thiazole rings is 1. The van der Waals surface area contributed by atoms with Crippen LogP contribution in [0.25, 0.3) is 11.3 Å². The van der Waals surface area contributed by atoms with Crippen molar-refractivity contribution in [3.63, 3.8) is 0 Å². The minimum absolute atomic E-state index is 0.104. The highest BCUT2D eigenvalue weighted by molar-refractivity contribution is 7.14. The summed E-state index contributed by atoms with van der Waals surface area (Å²) < 4.78 is 26.3. The Morgan fingerprint density at radius 1 is 1.28 bits per heavy atom. The Bertz CT molecular complexity index is 755. The molecule has 0 saturated carbocycles. The maximum absolute atomic E-state index is 13.3. The zero-order valence-electron chi connectivity index (χ0n) is 14.3. The van der Waals surface area contributed by atoms with E-state index in [0.29, 0.717) is 34.8 Å². The molecule has 3 rings (SSSR count). The van der Waals surface area contributed by atoms with Gasteiger partial charge in [0.2, 0.25) is 5.91 Å². The van der Waals surface area contributed by atoms with E-state index in [4.69, 9.17) is 0 Å². The highest BCUT2D eigenvalue weighted by Gasteiger charge is 2.23. The lowest BCUT2D eigenvalue weighted by Crippen LogP contribution is -2.42. The third-order valence-corrected chi connectivity index (χ3v) is 5.04. The van der Waals surface area contributed by atoms with Crippen LogP contribution < -0.4 is 5.32 Å². The summed E-state index contributed by atoms with van der Waals surface area (Å²) >= 11 is 1.27. The average Bonchev–Trinajstić information content (AvgIpc) is 2.97. The Balaban J connectivity index is 1.61. The van der Waals surface area contributed by atoms with E-state index in [-0.39, 0.29) is 5.91 Å². The molecular formula is C18H21F2N3OS. The first kappa shape index (κ1) is 17.9. The van der Waals surface area contributed by atoms with Gasteiger partial charge in [0.25, 0.3) is 0 Å². The number of carbonyl (C=O) groups is 1. The van der Waals surface area contributed by atoms with Crippen LogP contribution in [-0.4, -0.2) is 35.4 Å². The van der Waals surface area contributed by atoms with Gasteiger partial charge < -0.3 is 5.32 Å². The lowest BCUT2D eigenvalue weighted by Gasteiger charge is -2.34. The summed E-state index contributed by atoms with van der Waals surface area (Å²) in [6.45, 7) is 6.60. The maximum Gasteiger partial charge on any atom is 0.240 e. The number of halogens is 2. The van der Waals surface area contributed by atoms with Crippen LogP contribution in [0, 0.1) is 23.5 Å². The van der Waals surface area contributed by atoms with Crippen LogP contribution >= 0.6 is 11.3 Å². The molecule has 1 aromatic heterocycles. The molecule has 0 bridgehead atoms. The fourth-order valence-corrected chi connectivity index (χ4v) is 4.14. The summed E-state index contributed by atoms with van der Waals surface area (Å²) in [5.74, 6) is -0.720. The number of rotatable bonds is 4. The average molecular weight is 365 g/mol. The van der Waals surface area contributed by atoms with Gasteiger partial charge >= 0.3 is 0 Å². The van der Waals surface area contributed by atoms with Crippen LogP contribution in [-0.2, 0) is 4.79 Å². The summed E-state index contributed by atoms with van der Waals surface area (Å²) in [5, 5.41) is 4.97. The van der Waals surface area contributed by atoms with Gasteiger partial charge in [-0.3, -0.25) is 9.69 Å². The molecule has 0 spiro atoms. The van der Waals surface area contributed by atoms with Gasteiger partial charge in [0, 0.05) is 24.0 Å². The molecule has 0 radical (unpaired) electrons. The fraction of sp³-hybridized carbons (Fsp3) is 0.444. The van der Waals surface area contributed by atoms with Crippen molar-refractivity contribution in [2.75, 3.05) is 25.0 Å². The molecule has 1 aromatic carbocycles. The molecule has 2 heterocycles. The number of hydrogen-bond donors (Lipinski definition) is 1. The molecule has 25 heavy (non-hydrogen) atoms. The molecule has 1 N–H and O–H groups in total. The number of piperidine rings is 1. The third-order valence-electron chi connectivity index (χ3n) is 4.28. The highest BCUT2D eigenvalue weighted by atomic mass is 32.1. The second-order valence-electron chi connectivity index (χ2n) is 6.86. The second kappa shape index (κ2) is 7.58. The summed E-state index contributed by atoms with van der Waals surface area (Å²) in [6, 6.07) is 3.64. The number of benzene rings is 1. The topological polar surface area (TPSA) is 45.2 Å². The minimum Gasteiger partial charge on any atom is -0.301 e. The second-order valence-corrected chi connectivity index (χ2v) is 7.71. The molecule has 1 aliphatic rings. The highest BCUT2D eigenvalue weighted by Crippen LogP contribution is 2.26. The maximum atomic E-state index is 13.3. The Labute approximate surface area is 149 Å². The van der Waals surface area contributed by atoms with Crippen molar-refractivity contribution in [3.8, 4) is 11.3 Å². The zero-order valence-corrected chi connectivity index (χ0v) is 15.1. The Kier molecular flexibility index (Phi) is 5.44. The zero-order chi connectivity index (χ0) is 18.0. The SMILES string of the molecule is CC1CC(C)CN(CC(=O)Nc2nc(-c3ccc(F)c(F)c3)cs2)C1. The third kappa shape index (κ3) is 4.61. The quantitative estimate of drug-likeness (QED) is 0.891. The molecule has 1 saturated heterocycles. The summed E-state index contributed by atoms with van der Waals surface area (Å²) in [6.07, 6.45) is 1.20. The summed E-state index contributed by atoms with van der Waals surface area (Å²) in [5.41, 5.74) is 0.994. The smallest absolute Gasteiger partial charge is 0.240 e. The number of hydrogen-bond acceptors (Lipinski definition) is 4. The Hall–Kier alpha value is -1.86. The molecule has 4 nitrogen and oxygen atoms in total. The largest absolute Gasteiger partial charge is 0.301 e. The number of nitrogens with one attached hydrogen (secondary N) is 1. The molecule has 2 aromatic rings. The normalized spacial score (nSPS) is 21.3. The van der Waals surface area contributed by atoms with Gasteiger partial charge in [0.1, 0.15) is 0 Å². The van der Waals surface area contributed by atoms with E-state index in [9.17, 15) is 13.6 Å². The lowest BCUT2D eigenvalue weighted by atomic mass is 9.92. The first-order valence-corrected chi connectivity index (χ1v) is 9.22. The molecule has 1 aliphatic heterocycles.